The molecule has 0 bridgehead atoms. The summed E-state index contributed by atoms with van der Waals surface area (Å²) in [6.45, 7) is 8.53. The van der Waals surface area contributed by atoms with Gasteiger partial charge in [-0.1, -0.05) is 91.6 Å². The number of benzene rings is 1. The molecule has 0 saturated heterocycles. The van der Waals surface area contributed by atoms with E-state index in [2.05, 4.69) is 78.9 Å². The van der Waals surface area contributed by atoms with Crippen molar-refractivity contribution in [1.82, 2.24) is 0 Å². The van der Waals surface area contributed by atoms with Crippen molar-refractivity contribution in [3.8, 4) is 23.7 Å². The monoisotopic (exact) mass is 398 g/mol. The van der Waals surface area contributed by atoms with Crippen LogP contribution in [0.3, 0.4) is 0 Å². The lowest BCUT2D eigenvalue weighted by molar-refractivity contribution is 0.590. The summed E-state index contributed by atoms with van der Waals surface area (Å²) in [5.74, 6) is 12.9. The molecule has 1 aromatic carbocycles. The second kappa shape index (κ2) is 8.11. The van der Waals surface area contributed by atoms with E-state index in [0.29, 0.717) is 0 Å². The van der Waals surface area contributed by atoms with Crippen molar-refractivity contribution in [2.24, 2.45) is 0 Å². The maximum absolute atomic E-state index is 3.36. The number of hydrogen-bond donors (Lipinski definition) is 0. The van der Waals surface area contributed by atoms with Gasteiger partial charge in [-0.2, -0.15) is 0 Å². The highest BCUT2D eigenvalue weighted by atomic mass is 32.2. The van der Waals surface area contributed by atoms with Gasteiger partial charge in [-0.3, -0.25) is 0 Å². The Morgan fingerprint density at radius 2 is 1.60 bits per heavy atom. The van der Waals surface area contributed by atoms with Gasteiger partial charge in [0.2, 0.25) is 0 Å². The lowest BCUT2D eigenvalue weighted by Gasteiger charge is -2.19. The molecule has 0 spiro atoms. The Balaban J connectivity index is 1.86. The van der Waals surface area contributed by atoms with Gasteiger partial charge in [-0.25, -0.2) is 0 Å². The summed E-state index contributed by atoms with van der Waals surface area (Å²) < 4.78 is 2.69. The van der Waals surface area contributed by atoms with Crippen LogP contribution in [-0.2, 0) is 5.41 Å². The molecular formula is C21H18S4. The fourth-order valence-electron chi connectivity index (χ4n) is 2.19. The van der Waals surface area contributed by atoms with Crippen molar-refractivity contribution < 1.29 is 0 Å². The topological polar surface area (TPSA) is 0 Å². The highest BCUT2D eigenvalue weighted by Gasteiger charge is 2.18. The van der Waals surface area contributed by atoms with E-state index < -0.39 is 0 Å². The van der Waals surface area contributed by atoms with Crippen molar-refractivity contribution in [2.75, 3.05) is 0 Å². The van der Waals surface area contributed by atoms with E-state index >= 15 is 0 Å². The Bertz CT molecular complexity index is 893. The van der Waals surface area contributed by atoms with Crippen LogP contribution in [0.4, 0.5) is 0 Å². The zero-order chi connectivity index (χ0) is 17.9. The summed E-state index contributed by atoms with van der Waals surface area (Å²) in [7, 11) is 0. The fourth-order valence-corrected chi connectivity index (χ4v) is 6.44. The molecule has 25 heavy (non-hydrogen) atoms. The molecule has 2 aliphatic heterocycles. The molecule has 2 heterocycles. The van der Waals surface area contributed by atoms with Crippen molar-refractivity contribution >= 4 is 47.0 Å². The van der Waals surface area contributed by atoms with Crippen LogP contribution in [0.25, 0.3) is 0 Å². The minimum Gasteiger partial charge on any atom is -0.101 e. The van der Waals surface area contributed by atoms with Crippen LogP contribution in [0.5, 0.6) is 0 Å². The Labute approximate surface area is 167 Å². The van der Waals surface area contributed by atoms with Crippen LogP contribution in [0.1, 0.15) is 44.4 Å². The van der Waals surface area contributed by atoms with Gasteiger partial charge in [-0.05, 0) is 46.3 Å². The molecule has 126 valence electrons. The fraction of sp³-hybridized carbons (Fsp3) is 0.238. The SMILES string of the molecule is CC#Cc1ccc(C(C)(C)C)cc1C#CC1=CSC(=C2SC=CS2)S1. The molecule has 0 aromatic heterocycles. The molecule has 0 amide bonds. The average Bonchev–Trinajstić information content (AvgIpc) is 3.24. The normalized spacial score (nSPS) is 16.2. The molecule has 1 aromatic rings. The second-order valence-corrected chi connectivity index (χ2v) is 10.7. The number of thioether (sulfide) groups is 4. The van der Waals surface area contributed by atoms with Gasteiger partial charge >= 0.3 is 0 Å². The Morgan fingerprint density at radius 1 is 0.840 bits per heavy atom. The van der Waals surface area contributed by atoms with E-state index in [-0.39, 0.29) is 5.41 Å². The van der Waals surface area contributed by atoms with Crippen LogP contribution >= 0.6 is 47.0 Å². The van der Waals surface area contributed by atoms with Gasteiger partial charge in [0.05, 0.1) is 13.4 Å². The predicted octanol–water partition coefficient (Wildman–Crippen LogP) is 7.11. The standard InChI is InChI=1S/C21H18S4/c1-5-6-15-7-9-17(21(2,3)4)13-16(15)8-10-18-14-24-20(25-18)19-22-11-12-23-19/h7,9,11-14H,1-4H3. The van der Waals surface area contributed by atoms with Crippen LogP contribution in [0.15, 0.2) is 47.8 Å². The van der Waals surface area contributed by atoms with E-state index in [1.165, 1.54) is 14.0 Å². The zero-order valence-electron chi connectivity index (χ0n) is 14.6. The van der Waals surface area contributed by atoms with Gasteiger partial charge in [0.1, 0.15) is 0 Å². The summed E-state index contributed by atoms with van der Waals surface area (Å²) in [4.78, 5) is 1.11. The molecule has 4 heteroatoms. The molecule has 0 fully saturated rings. The molecule has 0 radical (unpaired) electrons. The minimum atomic E-state index is 0.105. The van der Waals surface area contributed by atoms with Crippen LogP contribution in [-0.4, -0.2) is 0 Å². The first-order valence-electron chi connectivity index (χ1n) is 7.84. The Morgan fingerprint density at radius 3 is 2.28 bits per heavy atom. The number of rotatable bonds is 0. The van der Waals surface area contributed by atoms with Crippen LogP contribution in [0, 0.1) is 23.7 Å². The summed E-state index contributed by atoms with van der Waals surface area (Å²) in [6.07, 6.45) is 0. The van der Waals surface area contributed by atoms with Crippen molar-refractivity contribution in [1.29, 1.82) is 0 Å². The van der Waals surface area contributed by atoms with Crippen molar-refractivity contribution in [3.05, 3.63) is 64.5 Å². The van der Waals surface area contributed by atoms with Gasteiger partial charge < -0.3 is 0 Å². The first kappa shape index (κ1) is 18.7. The summed E-state index contributed by atoms with van der Waals surface area (Å²) >= 11 is 7.12. The van der Waals surface area contributed by atoms with Gasteiger partial charge in [0, 0.05) is 11.1 Å². The second-order valence-electron chi connectivity index (χ2n) is 6.42. The number of hydrogen-bond acceptors (Lipinski definition) is 4. The van der Waals surface area contributed by atoms with E-state index in [0.717, 1.165) is 16.0 Å². The minimum absolute atomic E-state index is 0.105. The van der Waals surface area contributed by atoms with E-state index in [4.69, 9.17) is 0 Å². The van der Waals surface area contributed by atoms with E-state index in [1.807, 2.05) is 6.92 Å². The summed E-state index contributed by atoms with van der Waals surface area (Å²) in [5, 5.41) is 6.41. The molecule has 2 aliphatic rings. The predicted molar refractivity (Wildman–Crippen MR) is 119 cm³/mol. The van der Waals surface area contributed by atoms with Crippen molar-refractivity contribution in [2.45, 2.75) is 33.1 Å². The molecule has 3 rings (SSSR count). The van der Waals surface area contributed by atoms with Crippen LogP contribution in [0.2, 0.25) is 0 Å². The third kappa shape index (κ3) is 4.78. The molecule has 0 N–H and O–H groups in total. The summed E-state index contributed by atoms with van der Waals surface area (Å²) in [6, 6.07) is 6.44. The van der Waals surface area contributed by atoms with Gasteiger partial charge in [0.25, 0.3) is 0 Å². The first-order chi connectivity index (χ1) is 12.0. The number of allylic oxidation sites excluding steroid dienone is 1. The molecule has 0 aliphatic carbocycles. The molecule has 0 atom stereocenters. The third-order valence-corrected chi connectivity index (χ3v) is 8.45. The lowest BCUT2D eigenvalue weighted by Crippen LogP contribution is -2.11. The molecule has 0 unspecified atom stereocenters. The zero-order valence-corrected chi connectivity index (χ0v) is 17.9. The van der Waals surface area contributed by atoms with E-state index in [1.54, 1.807) is 47.0 Å². The highest BCUT2D eigenvalue weighted by molar-refractivity contribution is 8.33. The van der Waals surface area contributed by atoms with Crippen LogP contribution < -0.4 is 0 Å². The molecule has 0 nitrogen and oxygen atoms in total. The third-order valence-electron chi connectivity index (χ3n) is 3.51. The maximum atomic E-state index is 3.36. The summed E-state index contributed by atoms with van der Waals surface area (Å²) in [5.41, 5.74) is 3.41. The molecule has 0 saturated carbocycles. The van der Waals surface area contributed by atoms with Gasteiger partial charge in [0.15, 0.2) is 0 Å². The largest absolute Gasteiger partial charge is 0.101 e. The smallest absolute Gasteiger partial charge is 0.0707 e. The Hall–Kier alpha value is -1.04. The average molecular weight is 399 g/mol. The first-order valence-corrected chi connectivity index (χ1v) is 11.3. The maximum Gasteiger partial charge on any atom is 0.0707 e. The quantitative estimate of drug-likeness (QED) is 0.427. The lowest BCUT2D eigenvalue weighted by atomic mass is 9.85. The highest BCUT2D eigenvalue weighted by Crippen LogP contribution is 2.52. The van der Waals surface area contributed by atoms with Crippen molar-refractivity contribution in [3.63, 3.8) is 0 Å². The molecular weight excluding hydrogens is 380 g/mol. The Kier molecular flexibility index (Phi) is 6.08. The van der Waals surface area contributed by atoms with Gasteiger partial charge in [-0.15, -0.1) is 5.92 Å². The van der Waals surface area contributed by atoms with E-state index in [9.17, 15) is 0 Å².